The van der Waals surface area contributed by atoms with Gasteiger partial charge in [-0.15, -0.1) is 0 Å². The molecule has 66 valence electrons. The summed E-state index contributed by atoms with van der Waals surface area (Å²) in [5.74, 6) is 0.0508. The number of nitrogens with zero attached hydrogens (tertiary/aromatic N) is 2. The number of carbonyl (C=O) groups excluding carboxylic acids is 1. The third-order valence-corrected chi connectivity index (χ3v) is 2.40. The molecule has 0 radical (unpaired) electrons. The zero-order valence-electron chi connectivity index (χ0n) is 7.79. The van der Waals surface area contributed by atoms with Gasteiger partial charge in [0.2, 0.25) is 5.91 Å². The highest BCUT2D eigenvalue weighted by atomic mass is 16.2. The summed E-state index contributed by atoms with van der Waals surface area (Å²) in [6.07, 6.45) is 1.66. The molecule has 0 spiro atoms. The van der Waals surface area contributed by atoms with Crippen molar-refractivity contribution in [3.8, 4) is 6.07 Å². The van der Waals surface area contributed by atoms with Crippen LogP contribution in [0, 0.1) is 17.2 Å². The summed E-state index contributed by atoms with van der Waals surface area (Å²) in [5.41, 5.74) is -0.457. The molecule has 0 N–H and O–H groups in total. The summed E-state index contributed by atoms with van der Waals surface area (Å²) in [7, 11) is 1.72. The molecule has 1 aliphatic rings. The second kappa shape index (κ2) is 2.78. The van der Waals surface area contributed by atoms with E-state index < -0.39 is 5.54 Å². The van der Waals surface area contributed by atoms with Crippen LogP contribution in [0.25, 0.3) is 0 Å². The molecule has 0 heterocycles. The maximum Gasteiger partial charge on any atom is 0.226 e. The lowest BCUT2D eigenvalue weighted by atomic mass is 10.1. The highest BCUT2D eigenvalue weighted by Gasteiger charge is 2.49. The molecule has 12 heavy (non-hydrogen) atoms. The van der Waals surface area contributed by atoms with Crippen LogP contribution in [-0.2, 0) is 4.79 Å². The molecule has 1 aliphatic carbocycles. The molecule has 1 fully saturated rings. The first-order chi connectivity index (χ1) is 5.53. The van der Waals surface area contributed by atoms with Crippen molar-refractivity contribution < 1.29 is 4.79 Å². The molecule has 1 amide bonds. The molecule has 0 atom stereocenters. The van der Waals surface area contributed by atoms with Crippen molar-refractivity contribution in [2.75, 3.05) is 7.05 Å². The van der Waals surface area contributed by atoms with E-state index in [1.165, 1.54) is 0 Å². The average Bonchev–Trinajstić information content (AvgIpc) is 2.82. The van der Waals surface area contributed by atoms with E-state index in [-0.39, 0.29) is 11.8 Å². The van der Waals surface area contributed by atoms with Gasteiger partial charge in [0.15, 0.2) is 0 Å². The molecule has 1 rings (SSSR count). The van der Waals surface area contributed by atoms with Gasteiger partial charge in [-0.25, -0.2) is 0 Å². The Balaban J connectivity index is 2.66. The van der Waals surface area contributed by atoms with Gasteiger partial charge >= 0.3 is 0 Å². The number of amides is 1. The number of carbonyl (C=O) groups is 1. The predicted molar refractivity (Wildman–Crippen MR) is 45.2 cm³/mol. The maximum absolute atomic E-state index is 11.5. The van der Waals surface area contributed by atoms with E-state index in [0.29, 0.717) is 0 Å². The maximum atomic E-state index is 11.5. The highest BCUT2D eigenvalue weighted by Crippen LogP contribution is 2.40. The Kier molecular flexibility index (Phi) is 2.10. The summed E-state index contributed by atoms with van der Waals surface area (Å²) in [4.78, 5) is 13.1. The average molecular weight is 166 g/mol. The lowest BCUT2D eigenvalue weighted by Crippen LogP contribution is -2.40. The Morgan fingerprint density at radius 3 is 2.33 bits per heavy atom. The molecule has 3 nitrogen and oxygen atoms in total. The zero-order chi connectivity index (χ0) is 9.35. The smallest absolute Gasteiger partial charge is 0.226 e. The fourth-order valence-corrected chi connectivity index (χ4v) is 1.24. The van der Waals surface area contributed by atoms with Crippen LogP contribution in [0.3, 0.4) is 0 Å². The van der Waals surface area contributed by atoms with E-state index in [0.717, 1.165) is 12.8 Å². The van der Waals surface area contributed by atoms with E-state index >= 15 is 0 Å². The van der Waals surface area contributed by atoms with Gasteiger partial charge in [-0.1, -0.05) is 13.8 Å². The minimum atomic E-state index is -0.457. The first-order valence-corrected chi connectivity index (χ1v) is 4.22. The zero-order valence-corrected chi connectivity index (χ0v) is 7.79. The molecule has 0 unspecified atom stereocenters. The van der Waals surface area contributed by atoms with Gasteiger partial charge in [-0.05, 0) is 12.8 Å². The number of hydrogen-bond acceptors (Lipinski definition) is 2. The van der Waals surface area contributed by atoms with E-state index in [1.54, 1.807) is 11.9 Å². The fraction of sp³-hybridized carbons (Fsp3) is 0.778. The van der Waals surface area contributed by atoms with Gasteiger partial charge < -0.3 is 4.90 Å². The Morgan fingerprint density at radius 1 is 1.58 bits per heavy atom. The first-order valence-electron chi connectivity index (χ1n) is 4.22. The van der Waals surface area contributed by atoms with Crippen LogP contribution < -0.4 is 0 Å². The Morgan fingerprint density at radius 2 is 2.08 bits per heavy atom. The minimum absolute atomic E-state index is 0.0131. The highest BCUT2D eigenvalue weighted by molar-refractivity contribution is 5.79. The molecular weight excluding hydrogens is 152 g/mol. The molecule has 0 aliphatic heterocycles. The molecule has 0 saturated heterocycles. The number of nitriles is 1. The molecule has 0 aromatic carbocycles. The van der Waals surface area contributed by atoms with Crippen LogP contribution >= 0.6 is 0 Å². The van der Waals surface area contributed by atoms with Crippen LogP contribution in [0.15, 0.2) is 0 Å². The van der Waals surface area contributed by atoms with Crippen molar-refractivity contribution in [1.29, 1.82) is 5.26 Å². The second-order valence-electron chi connectivity index (χ2n) is 3.70. The normalized spacial score (nSPS) is 18.6. The molecule has 3 heteroatoms. The van der Waals surface area contributed by atoms with E-state index in [2.05, 4.69) is 6.07 Å². The monoisotopic (exact) mass is 166 g/mol. The molecule has 0 bridgehead atoms. The van der Waals surface area contributed by atoms with Crippen LogP contribution in [0.5, 0.6) is 0 Å². The summed E-state index contributed by atoms with van der Waals surface area (Å²) in [5, 5.41) is 8.81. The molecule has 0 aromatic rings. The SMILES string of the molecule is CC(C)C(=O)N(C)C1(C#N)CC1. The van der Waals surface area contributed by atoms with E-state index in [1.807, 2.05) is 13.8 Å². The predicted octanol–water partition coefficient (Wildman–Crippen LogP) is 1.16. The minimum Gasteiger partial charge on any atom is -0.327 e. The summed E-state index contributed by atoms with van der Waals surface area (Å²) in [6, 6.07) is 2.19. The third-order valence-electron chi connectivity index (χ3n) is 2.40. The van der Waals surface area contributed by atoms with Crippen molar-refractivity contribution in [3.05, 3.63) is 0 Å². The van der Waals surface area contributed by atoms with Gasteiger partial charge in [0.1, 0.15) is 5.54 Å². The van der Waals surface area contributed by atoms with E-state index in [9.17, 15) is 4.79 Å². The number of hydrogen-bond donors (Lipinski definition) is 0. The van der Waals surface area contributed by atoms with Gasteiger partial charge in [0, 0.05) is 13.0 Å². The lowest BCUT2D eigenvalue weighted by Gasteiger charge is -2.23. The first kappa shape index (κ1) is 9.05. The second-order valence-corrected chi connectivity index (χ2v) is 3.70. The van der Waals surface area contributed by atoms with E-state index in [4.69, 9.17) is 5.26 Å². The Labute approximate surface area is 73.0 Å². The van der Waals surface area contributed by atoms with Crippen molar-refractivity contribution >= 4 is 5.91 Å². The molecular formula is C9H14N2O. The Hall–Kier alpha value is -1.04. The van der Waals surface area contributed by atoms with Gasteiger partial charge in [-0.2, -0.15) is 5.26 Å². The number of rotatable bonds is 2. The standard InChI is InChI=1S/C9H14N2O/c1-7(2)8(12)11(3)9(6-10)4-5-9/h7H,4-5H2,1-3H3. The van der Waals surface area contributed by atoms with Crippen LogP contribution in [0.2, 0.25) is 0 Å². The van der Waals surface area contributed by atoms with Gasteiger partial charge in [0.05, 0.1) is 6.07 Å². The quantitative estimate of drug-likeness (QED) is 0.617. The van der Waals surface area contributed by atoms with Crippen LogP contribution in [0.1, 0.15) is 26.7 Å². The topological polar surface area (TPSA) is 44.1 Å². The van der Waals surface area contributed by atoms with Gasteiger partial charge in [0.25, 0.3) is 0 Å². The van der Waals surface area contributed by atoms with Crippen molar-refractivity contribution in [2.24, 2.45) is 5.92 Å². The van der Waals surface area contributed by atoms with Crippen LogP contribution in [-0.4, -0.2) is 23.4 Å². The van der Waals surface area contributed by atoms with Gasteiger partial charge in [-0.3, -0.25) is 4.79 Å². The Bertz CT molecular complexity index is 235. The van der Waals surface area contributed by atoms with Crippen molar-refractivity contribution in [2.45, 2.75) is 32.2 Å². The molecule has 0 aromatic heterocycles. The lowest BCUT2D eigenvalue weighted by molar-refractivity contribution is -0.134. The molecule has 1 saturated carbocycles. The summed E-state index contributed by atoms with van der Waals surface area (Å²) < 4.78 is 0. The van der Waals surface area contributed by atoms with Crippen molar-refractivity contribution in [1.82, 2.24) is 4.90 Å². The third kappa shape index (κ3) is 1.29. The summed E-state index contributed by atoms with van der Waals surface area (Å²) >= 11 is 0. The summed E-state index contributed by atoms with van der Waals surface area (Å²) in [6.45, 7) is 3.71. The van der Waals surface area contributed by atoms with Crippen molar-refractivity contribution in [3.63, 3.8) is 0 Å². The fourth-order valence-electron chi connectivity index (χ4n) is 1.24. The van der Waals surface area contributed by atoms with Crippen LogP contribution in [0.4, 0.5) is 0 Å². The largest absolute Gasteiger partial charge is 0.327 e.